The third-order valence-corrected chi connectivity index (χ3v) is 2.52. The average Bonchev–Trinajstić information content (AvgIpc) is 2.31. The quantitative estimate of drug-likeness (QED) is 0.797. The summed E-state index contributed by atoms with van der Waals surface area (Å²) in [5.41, 5.74) is 0.681. The van der Waals surface area contributed by atoms with Crippen molar-refractivity contribution >= 4 is 28.9 Å². The topological polar surface area (TPSA) is 44.4 Å². The lowest BCUT2D eigenvalue weighted by Crippen LogP contribution is -2.39. The number of hydrogen-bond acceptors (Lipinski definition) is 2. The zero-order valence-electron chi connectivity index (χ0n) is 9.66. The van der Waals surface area contributed by atoms with Crippen molar-refractivity contribution in [3.05, 3.63) is 30.1 Å². The Kier molecular flexibility index (Phi) is 4.84. The molecule has 0 spiro atoms. The number of likely N-dealkylation sites (N-methyl/N-ethyl adjacent to an activating group) is 2. The first-order chi connectivity index (χ1) is 8.02. The second kappa shape index (κ2) is 6.15. The third kappa shape index (κ3) is 4.36. The molecule has 4 nitrogen and oxygen atoms in total. The smallest absolute Gasteiger partial charge is 0.239 e. The van der Waals surface area contributed by atoms with E-state index in [2.05, 4.69) is 10.6 Å². The summed E-state index contributed by atoms with van der Waals surface area (Å²) in [4.78, 5) is 12.7. The Hall–Kier alpha value is -1.69. The van der Waals surface area contributed by atoms with Gasteiger partial charge in [-0.1, -0.05) is 0 Å². The molecule has 1 amide bonds. The number of benzene rings is 1. The number of thiocarbonyl (C=S) groups is 1. The van der Waals surface area contributed by atoms with Crippen molar-refractivity contribution in [1.82, 2.24) is 10.2 Å². The number of rotatable bonds is 3. The molecular formula is C11H14FN3OS. The standard InChI is InChI=1S/C11H14FN3OS/c1-13-10(16)7-15(2)11(17)14-9-5-3-8(12)4-6-9/h3-6H,7H2,1-2H3,(H,13,16)(H,14,17). The first-order valence-electron chi connectivity index (χ1n) is 5.01. The highest BCUT2D eigenvalue weighted by molar-refractivity contribution is 7.80. The van der Waals surface area contributed by atoms with Crippen molar-refractivity contribution in [2.45, 2.75) is 0 Å². The zero-order valence-corrected chi connectivity index (χ0v) is 10.5. The van der Waals surface area contributed by atoms with Gasteiger partial charge in [0, 0.05) is 19.8 Å². The molecule has 0 aliphatic carbocycles. The summed E-state index contributed by atoms with van der Waals surface area (Å²) in [5, 5.41) is 5.82. The molecule has 1 aromatic rings. The van der Waals surface area contributed by atoms with Gasteiger partial charge in [-0.2, -0.15) is 0 Å². The SMILES string of the molecule is CNC(=O)CN(C)C(=S)Nc1ccc(F)cc1. The van der Waals surface area contributed by atoms with E-state index in [1.165, 1.54) is 12.1 Å². The van der Waals surface area contributed by atoms with Gasteiger partial charge in [0.05, 0.1) is 6.54 Å². The number of carbonyl (C=O) groups is 1. The second-order valence-electron chi connectivity index (χ2n) is 3.47. The lowest BCUT2D eigenvalue weighted by molar-refractivity contribution is -0.120. The summed E-state index contributed by atoms with van der Waals surface area (Å²) in [6, 6.07) is 5.83. The molecule has 0 atom stereocenters. The molecule has 6 heteroatoms. The molecule has 0 aliphatic rings. The van der Waals surface area contributed by atoms with Crippen LogP contribution in [0.2, 0.25) is 0 Å². The molecule has 1 rings (SSSR count). The zero-order chi connectivity index (χ0) is 12.8. The number of hydrogen-bond donors (Lipinski definition) is 2. The van der Waals surface area contributed by atoms with E-state index < -0.39 is 0 Å². The largest absolute Gasteiger partial charge is 0.358 e. The van der Waals surface area contributed by atoms with Crippen LogP contribution in [0.4, 0.5) is 10.1 Å². The molecule has 0 saturated heterocycles. The summed E-state index contributed by atoms with van der Waals surface area (Å²) in [7, 11) is 3.26. The van der Waals surface area contributed by atoms with Gasteiger partial charge in [-0.05, 0) is 36.5 Å². The second-order valence-corrected chi connectivity index (χ2v) is 3.85. The first kappa shape index (κ1) is 13.4. The van der Waals surface area contributed by atoms with Crippen molar-refractivity contribution in [2.24, 2.45) is 0 Å². The highest BCUT2D eigenvalue weighted by atomic mass is 32.1. The van der Waals surface area contributed by atoms with Gasteiger partial charge in [0.2, 0.25) is 5.91 Å². The van der Waals surface area contributed by atoms with Crippen LogP contribution in [0, 0.1) is 5.82 Å². The van der Waals surface area contributed by atoms with Gasteiger partial charge in [-0.15, -0.1) is 0 Å². The maximum atomic E-state index is 12.7. The summed E-state index contributed by atoms with van der Waals surface area (Å²) in [5.74, 6) is -0.434. The fraction of sp³-hybridized carbons (Fsp3) is 0.273. The van der Waals surface area contributed by atoms with Crippen LogP contribution in [0.25, 0.3) is 0 Å². The van der Waals surface area contributed by atoms with E-state index in [0.717, 1.165) is 0 Å². The Morgan fingerprint density at radius 3 is 2.53 bits per heavy atom. The Labute approximate surface area is 105 Å². The number of anilines is 1. The van der Waals surface area contributed by atoms with Crippen LogP contribution in [0.1, 0.15) is 0 Å². The molecule has 0 fully saturated rings. The van der Waals surface area contributed by atoms with Crippen LogP contribution in [0.15, 0.2) is 24.3 Å². The molecule has 0 aromatic heterocycles. The molecule has 0 radical (unpaired) electrons. The minimum Gasteiger partial charge on any atom is -0.358 e. The van der Waals surface area contributed by atoms with E-state index in [1.54, 1.807) is 31.1 Å². The van der Waals surface area contributed by atoms with Gasteiger partial charge >= 0.3 is 0 Å². The minimum atomic E-state index is -0.305. The van der Waals surface area contributed by atoms with Crippen LogP contribution >= 0.6 is 12.2 Å². The minimum absolute atomic E-state index is 0.129. The number of carbonyl (C=O) groups excluding carboxylic acids is 1. The predicted octanol–water partition coefficient (Wildman–Crippen LogP) is 1.20. The molecule has 0 heterocycles. The number of amides is 1. The van der Waals surface area contributed by atoms with Crippen LogP contribution < -0.4 is 10.6 Å². The lowest BCUT2D eigenvalue weighted by atomic mass is 10.3. The molecule has 2 N–H and O–H groups in total. The van der Waals surface area contributed by atoms with E-state index in [-0.39, 0.29) is 18.3 Å². The normalized spacial score (nSPS) is 9.59. The monoisotopic (exact) mass is 255 g/mol. The van der Waals surface area contributed by atoms with Gasteiger partial charge in [0.15, 0.2) is 5.11 Å². The number of halogens is 1. The summed E-state index contributed by atoms with van der Waals surface area (Å²) in [6.45, 7) is 0.170. The van der Waals surface area contributed by atoms with E-state index in [9.17, 15) is 9.18 Å². The van der Waals surface area contributed by atoms with Crippen LogP contribution in [-0.4, -0.2) is 36.6 Å². The van der Waals surface area contributed by atoms with Crippen molar-refractivity contribution in [3.8, 4) is 0 Å². The van der Waals surface area contributed by atoms with Gasteiger partial charge in [-0.3, -0.25) is 4.79 Å². The van der Waals surface area contributed by atoms with Crippen LogP contribution in [0.3, 0.4) is 0 Å². The number of nitrogens with one attached hydrogen (secondary N) is 2. The van der Waals surface area contributed by atoms with E-state index in [0.29, 0.717) is 10.8 Å². The maximum absolute atomic E-state index is 12.7. The van der Waals surface area contributed by atoms with Crippen LogP contribution in [0.5, 0.6) is 0 Å². The summed E-state index contributed by atoms with van der Waals surface area (Å²) >= 11 is 5.10. The van der Waals surface area contributed by atoms with Crippen molar-refractivity contribution < 1.29 is 9.18 Å². The molecule has 0 aliphatic heterocycles. The third-order valence-electron chi connectivity index (χ3n) is 2.10. The molecular weight excluding hydrogens is 241 g/mol. The summed E-state index contributed by atoms with van der Waals surface area (Å²) in [6.07, 6.45) is 0. The molecule has 0 bridgehead atoms. The maximum Gasteiger partial charge on any atom is 0.239 e. The lowest BCUT2D eigenvalue weighted by Gasteiger charge is -2.20. The highest BCUT2D eigenvalue weighted by Crippen LogP contribution is 2.08. The van der Waals surface area contributed by atoms with Crippen LogP contribution in [-0.2, 0) is 4.79 Å². The van der Waals surface area contributed by atoms with Crippen molar-refractivity contribution in [2.75, 3.05) is 26.0 Å². The average molecular weight is 255 g/mol. The van der Waals surface area contributed by atoms with Gasteiger partial charge in [-0.25, -0.2) is 4.39 Å². The summed E-state index contributed by atoms with van der Waals surface area (Å²) < 4.78 is 12.7. The van der Waals surface area contributed by atoms with E-state index in [4.69, 9.17) is 12.2 Å². The van der Waals surface area contributed by atoms with Gasteiger partial charge in [0.1, 0.15) is 5.82 Å². The Morgan fingerprint density at radius 1 is 1.41 bits per heavy atom. The molecule has 0 saturated carbocycles. The Balaban J connectivity index is 2.54. The van der Waals surface area contributed by atoms with Crippen molar-refractivity contribution in [3.63, 3.8) is 0 Å². The van der Waals surface area contributed by atoms with Gasteiger partial charge < -0.3 is 15.5 Å². The van der Waals surface area contributed by atoms with Gasteiger partial charge in [0.25, 0.3) is 0 Å². The Morgan fingerprint density at radius 2 is 2.00 bits per heavy atom. The predicted molar refractivity (Wildman–Crippen MR) is 69.3 cm³/mol. The fourth-order valence-electron chi connectivity index (χ4n) is 1.12. The highest BCUT2D eigenvalue weighted by Gasteiger charge is 2.08. The fourth-order valence-corrected chi connectivity index (χ4v) is 1.30. The first-order valence-corrected chi connectivity index (χ1v) is 5.42. The van der Waals surface area contributed by atoms with E-state index in [1.807, 2.05) is 0 Å². The molecule has 1 aromatic carbocycles. The van der Waals surface area contributed by atoms with Crippen molar-refractivity contribution in [1.29, 1.82) is 0 Å². The molecule has 92 valence electrons. The number of nitrogens with zero attached hydrogens (tertiary/aromatic N) is 1. The van der Waals surface area contributed by atoms with E-state index >= 15 is 0 Å². The molecule has 17 heavy (non-hydrogen) atoms. The Bertz CT molecular complexity index is 408. The molecule has 0 unspecified atom stereocenters.